The van der Waals surface area contributed by atoms with Gasteiger partial charge >= 0.3 is 0 Å². The Morgan fingerprint density at radius 3 is 2.65 bits per heavy atom. The van der Waals surface area contributed by atoms with Crippen LogP contribution in [0.5, 0.6) is 0 Å². The number of Topliss-reactive ketones (excluding diaryl/α,β-unsaturated/α-hetero) is 1. The lowest BCUT2D eigenvalue weighted by Crippen LogP contribution is -2.24. The fraction of sp³-hybridized carbons (Fsp3) is 0.533. The lowest BCUT2D eigenvalue weighted by molar-refractivity contribution is -0.118. The molecule has 0 N–H and O–H groups in total. The monoisotopic (exact) mass is 233 g/mol. The van der Waals surface area contributed by atoms with E-state index in [1.807, 2.05) is 6.92 Å². The van der Waals surface area contributed by atoms with E-state index >= 15 is 0 Å². The Morgan fingerprint density at radius 1 is 1.29 bits per heavy atom. The summed E-state index contributed by atoms with van der Waals surface area (Å²) in [6.07, 6.45) is 2.32. The summed E-state index contributed by atoms with van der Waals surface area (Å²) in [6.45, 7) is 8.15. The van der Waals surface area contributed by atoms with Crippen LogP contribution in [0.3, 0.4) is 0 Å². The summed E-state index contributed by atoms with van der Waals surface area (Å²) in [5.41, 5.74) is 2.54. The molecule has 17 heavy (non-hydrogen) atoms. The Balaban J connectivity index is 2.51. The minimum Gasteiger partial charge on any atom is -0.372 e. The summed E-state index contributed by atoms with van der Waals surface area (Å²) in [7, 11) is 0. The number of nitrogens with zero attached hydrogens (tertiary/aromatic N) is 1. The standard InChI is InChI=1S/C15H23NO/c1-4-15(17)10-7-11-16(5-2)14-9-6-8-13(3)12-14/h6,8-9,12H,4-5,7,10-11H2,1-3H3. The van der Waals surface area contributed by atoms with E-state index in [-0.39, 0.29) is 0 Å². The molecule has 94 valence electrons. The van der Waals surface area contributed by atoms with Gasteiger partial charge in [-0.05, 0) is 38.0 Å². The molecule has 0 aromatic heterocycles. The molecular weight excluding hydrogens is 210 g/mol. The largest absolute Gasteiger partial charge is 0.372 e. The summed E-state index contributed by atoms with van der Waals surface area (Å²) in [5, 5.41) is 0. The molecule has 0 aliphatic rings. The molecule has 0 unspecified atom stereocenters. The van der Waals surface area contributed by atoms with Crippen LogP contribution in [-0.4, -0.2) is 18.9 Å². The highest BCUT2D eigenvalue weighted by molar-refractivity contribution is 5.77. The molecule has 1 aromatic rings. The number of rotatable bonds is 7. The molecule has 0 radical (unpaired) electrons. The molecule has 0 aliphatic heterocycles. The SMILES string of the molecule is CCC(=O)CCCN(CC)c1cccc(C)c1. The van der Waals surface area contributed by atoms with Crippen LogP contribution >= 0.6 is 0 Å². The van der Waals surface area contributed by atoms with Crippen molar-refractivity contribution in [2.24, 2.45) is 0 Å². The number of aryl methyl sites for hydroxylation is 1. The molecule has 2 heteroatoms. The van der Waals surface area contributed by atoms with Crippen LogP contribution in [0.15, 0.2) is 24.3 Å². The van der Waals surface area contributed by atoms with Crippen molar-refractivity contribution in [1.29, 1.82) is 0 Å². The van der Waals surface area contributed by atoms with E-state index in [4.69, 9.17) is 0 Å². The first-order valence-electron chi connectivity index (χ1n) is 6.50. The van der Waals surface area contributed by atoms with Crippen LogP contribution < -0.4 is 4.90 Å². The normalized spacial score (nSPS) is 10.3. The predicted octanol–water partition coefficient (Wildman–Crippen LogP) is 3.58. The number of hydrogen-bond acceptors (Lipinski definition) is 2. The molecule has 0 fully saturated rings. The van der Waals surface area contributed by atoms with Crippen LogP contribution in [0, 0.1) is 6.92 Å². The van der Waals surface area contributed by atoms with Crippen molar-refractivity contribution in [2.75, 3.05) is 18.0 Å². The van der Waals surface area contributed by atoms with Crippen molar-refractivity contribution < 1.29 is 4.79 Å². The van der Waals surface area contributed by atoms with Gasteiger partial charge in [0.25, 0.3) is 0 Å². The topological polar surface area (TPSA) is 20.3 Å². The van der Waals surface area contributed by atoms with Crippen LogP contribution in [-0.2, 0) is 4.79 Å². The Morgan fingerprint density at radius 2 is 2.06 bits per heavy atom. The molecule has 0 aliphatic carbocycles. The predicted molar refractivity (Wildman–Crippen MR) is 73.6 cm³/mol. The summed E-state index contributed by atoms with van der Waals surface area (Å²) in [4.78, 5) is 13.6. The number of carbonyl (C=O) groups excluding carboxylic acids is 1. The minimum atomic E-state index is 0.366. The fourth-order valence-corrected chi connectivity index (χ4v) is 1.94. The van der Waals surface area contributed by atoms with Gasteiger partial charge in [0.05, 0.1) is 0 Å². The number of ketones is 1. The Kier molecular flexibility index (Phi) is 5.75. The average Bonchev–Trinajstić information content (AvgIpc) is 2.34. The first kappa shape index (κ1) is 13.8. The molecule has 0 saturated carbocycles. The van der Waals surface area contributed by atoms with Crippen molar-refractivity contribution >= 4 is 11.5 Å². The van der Waals surface area contributed by atoms with Crippen molar-refractivity contribution in [3.05, 3.63) is 29.8 Å². The highest BCUT2D eigenvalue weighted by atomic mass is 16.1. The summed E-state index contributed by atoms with van der Waals surface area (Å²) in [6, 6.07) is 8.53. The lowest BCUT2D eigenvalue weighted by Gasteiger charge is -2.23. The van der Waals surface area contributed by atoms with E-state index in [2.05, 4.69) is 43.0 Å². The highest BCUT2D eigenvalue weighted by Gasteiger charge is 2.05. The first-order chi connectivity index (χ1) is 8.17. The number of hydrogen-bond donors (Lipinski definition) is 0. The van der Waals surface area contributed by atoms with Crippen LogP contribution in [0.1, 0.15) is 38.7 Å². The Labute approximate surface area is 105 Å². The summed E-state index contributed by atoms with van der Waals surface area (Å²) >= 11 is 0. The minimum absolute atomic E-state index is 0.366. The van der Waals surface area contributed by atoms with Crippen molar-refractivity contribution in [1.82, 2.24) is 0 Å². The second kappa shape index (κ2) is 7.10. The zero-order valence-electron chi connectivity index (χ0n) is 11.2. The van der Waals surface area contributed by atoms with E-state index in [0.29, 0.717) is 18.6 Å². The molecule has 0 amide bonds. The van der Waals surface area contributed by atoms with Gasteiger partial charge < -0.3 is 4.90 Å². The zero-order valence-corrected chi connectivity index (χ0v) is 11.2. The molecule has 0 heterocycles. The quantitative estimate of drug-likeness (QED) is 0.717. The molecule has 1 aromatic carbocycles. The van der Waals surface area contributed by atoms with E-state index < -0.39 is 0 Å². The molecular formula is C15H23NO. The fourth-order valence-electron chi connectivity index (χ4n) is 1.94. The van der Waals surface area contributed by atoms with Gasteiger partial charge in [0.15, 0.2) is 0 Å². The van der Waals surface area contributed by atoms with Gasteiger partial charge in [-0.2, -0.15) is 0 Å². The Hall–Kier alpha value is -1.31. The van der Waals surface area contributed by atoms with Gasteiger partial charge in [-0.25, -0.2) is 0 Å². The number of anilines is 1. The van der Waals surface area contributed by atoms with Gasteiger partial charge in [0, 0.05) is 31.6 Å². The van der Waals surface area contributed by atoms with Crippen molar-refractivity contribution in [2.45, 2.75) is 40.0 Å². The number of benzene rings is 1. The van der Waals surface area contributed by atoms with Gasteiger partial charge in [0.1, 0.15) is 5.78 Å². The average molecular weight is 233 g/mol. The van der Waals surface area contributed by atoms with Crippen LogP contribution in [0.2, 0.25) is 0 Å². The van der Waals surface area contributed by atoms with E-state index in [1.165, 1.54) is 11.3 Å². The van der Waals surface area contributed by atoms with E-state index in [1.54, 1.807) is 0 Å². The molecule has 0 spiro atoms. The first-order valence-corrected chi connectivity index (χ1v) is 6.50. The third kappa shape index (κ3) is 4.59. The molecule has 2 nitrogen and oxygen atoms in total. The molecule has 0 saturated heterocycles. The van der Waals surface area contributed by atoms with E-state index in [0.717, 1.165) is 19.5 Å². The summed E-state index contributed by atoms with van der Waals surface area (Å²) < 4.78 is 0. The van der Waals surface area contributed by atoms with Crippen molar-refractivity contribution in [3.8, 4) is 0 Å². The maximum atomic E-state index is 11.3. The molecule has 1 rings (SSSR count). The van der Waals surface area contributed by atoms with Gasteiger partial charge in [0.2, 0.25) is 0 Å². The Bertz CT molecular complexity index is 360. The third-order valence-electron chi connectivity index (χ3n) is 3.03. The van der Waals surface area contributed by atoms with Crippen LogP contribution in [0.25, 0.3) is 0 Å². The van der Waals surface area contributed by atoms with E-state index in [9.17, 15) is 4.79 Å². The number of carbonyl (C=O) groups is 1. The second-order valence-corrected chi connectivity index (χ2v) is 4.41. The maximum absolute atomic E-state index is 11.3. The van der Waals surface area contributed by atoms with Gasteiger partial charge in [-0.3, -0.25) is 4.79 Å². The smallest absolute Gasteiger partial charge is 0.132 e. The molecule has 0 atom stereocenters. The lowest BCUT2D eigenvalue weighted by atomic mass is 10.1. The van der Waals surface area contributed by atoms with Gasteiger partial charge in [-0.1, -0.05) is 19.1 Å². The van der Waals surface area contributed by atoms with Gasteiger partial charge in [-0.15, -0.1) is 0 Å². The maximum Gasteiger partial charge on any atom is 0.132 e. The zero-order chi connectivity index (χ0) is 12.7. The highest BCUT2D eigenvalue weighted by Crippen LogP contribution is 2.16. The van der Waals surface area contributed by atoms with Crippen molar-refractivity contribution in [3.63, 3.8) is 0 Å². The third-order valence-corrected chi connectivity index (χ3v) is 3.03. The summed E-state index contributed by atoms with van der Waals surface area (Å²) in [5.74, 6) is 0.366. The molecule has 0 bridgehead atoms. The second-order valence-electron chi connectivity index (χ2n) is 4.41. The van der Waals surface area contributed by atoms with Crippen LogP contribution in [0.4, 0.5) is 5.69 Å².